The van der Waals surface area contributed by atoms with Gasteiger partial charge in [-0.05, 0) is 41.0 Å². The summed E-state index contributed by atoms with van der Waals surface area (Å²) in [5.41, 5.74) is 0.888. The van der Waals surface area contributed by atoms with Crippen LogP contribution in [-0.4, -0.2) is 11.7 Å². The number of phenols is 1. The van der Waals surface area contributed by atoms with Gasteiger partial charge in [0, 0.05) is 16.1 Å². The Kier molecular flexibility index (Phi) is 2.49. The molecule has 2 rings (SSSR count). The standard InChI is InChI=1S/C9H9BrClNO/c10-6-4-9(13)5(3-7(6)11)8-1-2-12-8/h3-4,8,12-13H,1-2H2. The molecule has 0 amide bonds. The van der Waals surface area contributed by atoms with Crippen molar-refractivity contribution < 1.29 is 5.11 Å². The van der Waals surface area contributed by atoms with Crippen molar-refractivity contribution in [3.05, 3.63) is 27.2 Å². The third-order valence-corrected chi connectivity index (χ3v) is 3.47. The lowest BCUT2D eigenvalue weighted by Crippen LogP contribution is -2.34. The van der Waals surface area contributed by atoms with Gasteiger partial charge >= 0.3 is 0 Å². The zero-order chi connectivity index (χ0) is 9.42. The molecule has 1 aliphatic rings. The van der Waals surface area contributed by atoms with Crippen molar-refractivity contribution in [2.75, 3.05) is 6.54 Å². The normalized spacial score (nSPS) is 21.2. The van der Waals surface area contributed by atoms with Crippen LogP contribution in [0.3, 0.4) is 0 Å². The van der Waals surface area contributed by atoms with Crippen molar-refractivity contribution in [3.63, 3.8) is 0 Å². The second-order valence-electron chi connectivity index (χ2n) is 3.12. The van der Waals surface area contributed by atoms with Gasteiger partial charge < -0.3 is 10.4 Å². The Morgan fingerprint density at radius 3 is 2.77 bits per heavy atom. The first-order valence-electron chi connectivity index (χ1n) is 4.10. The molecule has 0 aromatic heterocycles. The molecule has 0 saturated carbocycles. The first-order chi connectivity index (χ1) is 6.18. The first kappa shape index (κ1) is 9.31. The van der Waals surface area contributed by atoms with Gasteiger partial charge in [0.25, 0.3) is 0 Å². The molecule has 1 heterocycles. The van der Waals surface area contributed by atoms with Gasteiger partial charge in [0.15, 0.2) is 0 Å². The lowest BCUT2D eigenvalue weighted by Gasteiger charge is -2.28. The van der Waals surface area contributed by atoms with Crippen LogP contribution in [0.5, 0.6) is 5.75 Å². The Hall–Kier alpha value is -0.250. The lowest BCUT2D eigenvalue weighted by atomic mass is 9.97. The van der Waals surface area contributed by atoms with E-state index in [4.69, 9.17) is 11.6 Å². The Morgan fingerprint density at radius 1 is 1.54 bits per heavy atom. The maximum atomic E-state index is 9.62. The second-order valence-corrected chi connectivity index (χ2v) is 4.38. The number of hydrogen-bond acceptors (Lipinski definition) is 2. The summed E-state index contributed by atoms with van der Waals surface area (Å²) < 4.78 is 0.731. The second kappa shape index (κ2) is 3.48. The fourth-order valence-corrected chi connectivity index (χ4v) is 1.89. The highest BCUT2D eigenvalue weighted by Gasteiger charge is 2.22. The Labute approximate surface area is 90.0 Å². The van der Waals surface area contributed by atoms with Gasteiger partial charge in [-0.2, -0.15) is 0 Å². The molecule has 1 aromatic carbocycles. The number of nitrogens with one attached hydrogen (secondary N) is 1. The van der Waals surface area contributed by atoms with E-state index in [-0.39, 0.29) is 6.04 Å². The predicted octanol–water partition coefficient (Wildman–Crippen LogP) is 2.84. The average molecular weight is 263 g/mol. The van der Waals surface area contributed by atoms with E-state index >= 15 is 0 Å². The predicted molar refractivity (Wildman–Crippen MR) is 56.2 cm³/mol. The van der Waals surface area contributed by atoms with Gasteiger partial charge in [0.05, 0.1) is 5.02 Å². The molecule has 1 aliphatic heterocycles. The third-order valence-electron chi connectivity index (χ3n) is 2.27. The summed E-state index contributed by atoms with van der Waals surface area (Å²) in [4.78, 5) is 0. The highest BCUT2D eigenvalue weighted by Crippen LogP contribution is 2.36. The molecule has 4 heteroatoms. The van der Waals surface area contributed by atoms with Gasteiger partial charge in [0.2, 0.25) is 0 Å². The Morgan fingerprint density at radius 2 is 2.23 bits per heavy atom. The largest absolute Gasteiger partial charge is 0.508 e. The molecule has 1 aromatic rings. The summed E-state index contributed by atoms with van der Waals surface area (Å²) in [6, 6.07) is 3.71. The van der Waals surface area contributed by atoms with Gasteiger partial charge in [-0.15, -0.1) is 0 Å². The van der Waals surface area contributed by atoms with Gasteiger partial charge in [-0.3, -0.25) is 0 Å². The summed E-state index contributed by atoms with van der Waals surface area (Å²) in [7, 11) is 0. The zero-order valence-corrected chi connectivity index (χ0v) is 9.19. The first-order valence-corrected chi connectivity index (χ1v) is 5.27. The molecule has 1 unspecified atom stereocenters. The van der Waals surface area contributed by atoms with Crippen molar-refractivity contribution in [1.82, 2.24) is 5.32 Å². The molecular formula is C9H9BrClNO. The molecule has 2 N–H and O–H groups in total. The van der Waals surface area contributed by atoms with Crippen LogP contribution in [0.2, 0.25) is 5.02 Å². The number of hydrogen-bond donors (Lipinski definition) is 2. The molecule has 1 fully saturated rings. The Balaban J connectivity index is 2.39. The molecule has 2 nitrogen and oxygen atoms in total. The van der Waals surface area contributed by atoms with E-state index in [1.165, 1.54) is 0 Å². The molecule has 1 saturated heterocycles. The van der Waals surface area contributed by atoms with Crippen LogP contribution in [0.1, 0.15) is 18.0 Å². The van der Waals surface area contributed by atoms with Crippen LogP contribution in [0, 0.1) is 0 Å². The van der Waals surface area contributed by atoms with Crippen LogP contribution >= 0.6 is 27.5 Å². The summed E-state index contributed by atoms with van der Waals surface area (Å²) in [5, 5.41) is 13.5. The highest BCUT2D eigenvalue weighted by atomic mass is 79.9. The van der Waals surface area contributed by atoms with Gasteiger partial charge in [-0.1, -0.05) is 11.6 Å². The molecule has 0 bridgehead atoms. The summed E-state index contributed by atoms with van der Waals surface area (Å²) in [6.07, 6.45) is 1.06. The van der Waals surface area contributed by atoms with E-state index in [0.29, 0.717) is 10.8 Å². The monoisotopic (exact) mass is 261 g/mol. The zero-order valence-electron chi connectivity index (χ0n) is 6.85. The van der Waals surface area contributed by atoms with Crippen molar-refractivity contribution >= 4 is 27.5 Å². The maximum Gasteiger partial charge on any atom is 0.121 e. The van der Waals surface area contributed by atoms with Gasteiger partial charge in [0.1, 0.15) is 5.75 Å². The fraction of sp³-hybridized carbons (Fsp3) is 0.333. The van der Waals surface area contributed by atoms with E-state index in [9.17, 15) is 5.11 Å². The third kappa shape index (κ3) is 1.68. The van der Waals surface area contributed by atoms with Crippen molar-refractivity contribution in [3.8, 4) is 5.75 Å². The van der Waals surface area contributed by atoms with Crippen LogP contribution in [0.4, 0.5) is 0 Å². The highest BCUT2D eigenvalue weighted by molar-refractivity contribution is 9.10. The van der Waals surface area contributed by atoms with E-state index in [0.717, 1.165) is 23.0 Å². The molecule has 1 atom stereocenters. The summed E-state index contributed by atoms with van der Waals surface area (Å²) >= 11 is 9.18. The topological polar surface area (TPSA) is 32.3 Å². The number of halogens is 2. The molecular weight excluding hydrogens is 253 g/mol. The smallest absolute Gasteiger partial charge is 0.121 e. The average Bonchev–Trinajstić information content (AvgIpc) is 1.96. The number of aromatic hydroxyl groups is 1. The minimum absolute atomic E-state index is 0.269. The SMILES string of the molecule is Oc1cc(Br)c(Cl)cc1C1CCN1. The maximum absolute atomic E-state index is 9.62. The minimum Gasteiger partial charge on any atom is -0.508 e. The van der Waals surface area contributed by atoms with Crippen molar-refractivity contribution in [2.24, 2.45) is 0 Å². The fourth-order valence-electron chi connectivity index (χ4n) is 1.38. The molecule has 70 valence electrons. The van der Waals surface area contributed by atoms with Crippen LogP contribution in [-0.2, 0) is 0 Å². The summed E-state index contributed by atoms with van der Waals surface area (Å²) in [5.74, 6) is 0.300. The van der Waals surface area contributed by atoms with E-state index in [1.54, 1.807) is 12.1 Å². The quantitative estimate of drug-likeness (QED) is 0.816. The van der Waals surface area contributed by atoms with Crippen LogP contribution < -0.4 is 5.32 Å². The molecule has 0 radical (unpaired) electrons. The number of rotatable bonds is 1. The molecule has 0 spiro atoms. The Bertz CT molecular complexity index is 339. The van der Waals surface area contributed by atoms with Crippen LogP contribution in [0.15, 0.2) is 16.6 Å². The van der Waals surface area contributed by atoms with Crippen LogP contribution in [0.25, 0.3) is 0 Å². The van der Waals surface area contributed by atoms with Crippen molar-refractivity contribution in [1.29, 1.82) is 0 Å². The van der Waals surface area contributed by atoms with Crippen molar-refractivity contribution in [2.45, 2.75) is 12.5 Å². The summed E-state index contributed by atoms with van der Waals surface area (Å²) in [6.45, 7) is 1.01. The van der Waals surface area contributed by atoms with E-state index in [1.807, 2.05) is 0 Å². The van der Waals surface area contributed by atoms with E-state index < -0.39 is 0 Å². The van der Waals surface area contributed by atoms with E-state index in [2.05, 4.69) is 21.2 Å². The lowest BCUT2D eigenvalue weighted by molar-refractivity contribution is 0.364. The molecule has 13 heavy (non-hydrogen) atoms. The van der Waals surface area contributed by atoms with Gasteiger partial charge in [-0.25, -0.2) is 0 Å². The molecule has 0 aliphatic carbocycles. The number of benzene rings is 1. The minimum atomic E-state index is 0.269. The number of phenolic OH excluding ortho intramolecular Hbond substituents is 1.